The highest BCUT2D eigenvalue weighted by molar-refractivity contribution is 5.89. The van der Waals surface area contributed by atoms with Crippen LogP contribution in [0.15, 0.2) is 42.5 Å². The number of carbonyl (C=O) groups is 2. The maximum atomic E-state index is 12.3. The van der Waals surface area contributed by atoms with Crippen molar-refractivity contribution in [3.8, 4) is 0 Å². The average Bonchev–Trinajstić information content (AvgIpc) is 3.42. The minimum absolute atomic E-state index is 0.0203. The summed E-state index contributed by atoms with van der Waals surface area (Å²) in [5, 5.41) is 8.29. The highest BCUT2D eigenvalue weighted by Gasteiger charge is 2.33. The van der Waals surface area contributed by atoms with Gasteiger partial charge in [-0.3, -0.25) is 14.5 Å². The van der Waals surface area contributed by atoms with Gasteiger partial charge in [-0.25, -0.2) is 0 Å². The zero-order chi connectivity index (χ0) is 17.2. The summed E-state index contributed by atoms with van der Waals surface area (Å²) in [5.74, 6) is -0.0638. The summed E-state index contributed by atoms with van der Waals surface area (Å²) in [6, 6.07) is 14.6. The molecule has 2 amide bonds. The fraction of sp³-hybridized carbons (Fsp3) is 0.400. The first-order valence-corrected chi connectivity index (χ1v) is 8.98. The Balaban J connectivity index is 1.48. The molecule has 2 aromatic carbocycles. The fourth-order valence-electron chi connectivity index (χ4n) is 3.43. The van der Waals surface area contributed by atoms with Crippen molar-refractivity contribution in [3.05, 3.63) is 48.0 Å². The number of rotatable bonds is 5. The van der Waals surface area contributed by atoms with E-state index in [-0.39, 0.29) is 24.3 Å². The Bertz CT molecular complexity index is 800. The van der Waals surface area contributed by atoms with Crippen LogP contribution in [0.5, 0.6) is 0 Å². The van der Waals surface area contributed by atoms with E-state index in [1.807, 2.05) is 12.1 Å². The first kappa shape index (κ1) is 16.1. The van der Waals surface area contributed by atoms with Crippen molar-refractivity contribution in [3.63, 3.8) is 0 Å². The molecule has 1 heterocycles. The van der Waals surface area contributed by atoms with Gasteiger partial charge in [0.2, 0.25) is 11.8 Å². The zero-order valence-corrected chi connectivity index (χ0v) is 14.2. The molecular formula is C20H23N3O2. The number of fused-ring (bicyclic) bond motifs is 1. The molecule has 2 aliphatic rings. The predicted molar refractivity (Wildman–Crippen MR) is 96.9 cm³/mol. The first-order valence-electron chi connectivity index (χ1n) is 8.98. The van der Waals surface area contributed by atoms with Gasteiger partial charge in [-0.2, -0.15) is 0 Å². The Morgan fingerprint density at radius 1 is 1.16 bits per heavy atom. The van der Waals surface area contributed by atoms with Gasteiger partial charge in [-0.15, -0.1) is 0 Å². The second-order valence-electron chi connectivity index (χ2n) is 7.00. The third-order valence-corrected chi connectivity index (χ3v) is 4.96. The number of benzene rings is 2. The van der Waals surface area contributed by atoms with E-state index in [1.165, 1.54) is 16.3 Å². The third-order valence-electron chi connectivity index (χ3n) is 4.96. The zero-order valence-electron chi connectivity index (χ0n) is 14.2. The SMILES string of the molecule is O=C(C[C@H]1C(=O)NCCN1Cc1ccc2ccccc2c1)NC1CC1. The van der Waals surface area contributed by atoms with Crippen molar-refractivity contribution in [2.45, 2.75) is 37.9 Å². The van der Waals surface area contributed by atoms with Crippen LogP contribution in [0.4, 0.5) is 0 Å². The molecule has 5 heteroatoms. The summed E-state index contributed by atoms with van der Waals surface area (Å²) in [4.78, 5) is 26.6. The Hall–Kier alpha value is -2.40. The predicted octanol–water partition coefficient (Wildman–Crippen LogP) is 1.81. The Morgan fingerprint density at radius 3 is 2.76 bits per heavy atom. The fourth-order valence-corrected chi connectivity index (χ4v) is 3.43. The molecule has 25 heavy (non-hydrogen) atoms. The minimum atomic E-state index is -0.390. The lowest BCUT2D eigenvalue weighted by Crippen LogP contribution is -2.56. The molecule has 4 rings (SSSR count). The minimum Gasteiger partial charge on any atom is -0.353 e. The highest BCUT2D eigenvalue weighted by atomic mass is 16.2. The van der Waals surface area contributed by atoms with Gasteiger partial charge >= 0.3 is 0 Å². The van der Waals surface area contributed by atoms with Crippen molar-refractivity contribution >= 4 is 22.6 Å². The van der Waals surface area contributed by atoms with E-state index >= 15 is 0 Å². The number of carbonyl (C=O) groups excluding carboxylic acids is 2. The molecule has 1 saturated carbocycles. The van der Waals surface area contributed by atoms with Crippen LogP contribution in [-0.4, -0.2) is 41.9 Å². The van der Waals surface area contributed by atoms with Crippen LogP contribution in [0.3, 0.4) is 0 Å². The van der Waals surface area contributed by atoms with Gasteiger partial charge in [0.25, 0.3) is 0 Å². The van der Waals surface area contributed by atoms with E-state index in [0.717, 1.165) is 19.4 Å². The highest BCUT2D eigenvalue weighted by Crippen LogP contribution is 2.21. The monoisotopic (exact) mass is 337 g/mol. The third kappa shape index (κ3) is 3.82. The second kappa shape index (κ2) is 6.84. The summed E-state index contributed by atoms with van der Waals surface area (Å²) in [5.41, 5.74) is 1.17. The molecule has 2 aromatic rings. The number of nitrogens with zero attached hydrogens (tertiary/aromatic N) is 1. The number of hydrogen-bond acceptors (Lipinski definition) is 3. The summed E-state index contributed by atoms with van der Waals surface area (Å²) in [6.07, 6.45) is 2.35. The summed E-state index contributed by atoms with van der Waals surface area (Å²) < 4.78 is 0. The van der Waals surface area contributed by atoms with Crippen LogP contribution in [0, 0.1) is 0 Å². The van der Waals surface area contributed by atoms with E-state index in [2.05, 4.69) is 45.9 Å². The van der Waals surface area contributed by atoms with Gasteiger partial charge in [0.15, 0.2) is 0 Å². The van der Waals surface area contributed by atoms with E-state index in [0.29, 0.717) is 19.1 Å². The Labute approximate surface area is 147 Å². The number of nitrogens with one attached hydrogen (secondary N) is 2. The molecule has 5 nitrogen and oxygen atoms in total. The lowest BCUT2D eigenvalue weighted by Gasteiger charge is -2.34. The normalized spacial score (nSPS) is 21.1. The van der Waals surface area contributed by atoms with E-state index in [1.54, 1.807) is 0 Å². The molecule has 1 aliphatic carbocycles. The smallest absolute Gasteiger partial charge is 0.237 e. The van der Waals surface area contributed by atoms with Crippen molar-refractivity contribution in [2.24, 2.45) is 0 Å². The van der Waals surface area contributed by atoms with Gasteiger partial charge in [-0.1, -0.05) is 36.4 Å². The molecule has 0 unspecified atom stereocenters. The van der Waals surface area contributed by atoms with Crippen LogP contribution in [-0.2, 0) is 16.1 Å². The van der Waals surface area contributed by atoms with Crippen LogP contribution in [0.1, 0.15) is 24.8 Å². The van der Waals surface area contributed by atoms with Gasteiger partial charge in [0, 0.05) is 25.7 Å². The van der Waals surface area contributed by atoms with Crippen molar-refractivity contribution < 1.29 is 9.59 Å². The molecule has 1 aliphatic heterocycles. The maximum absolute atomic E-state index is 12.3. The lowest BCUT2D eigenvalue weighted by atomic mass is 10.0. The molecule has 2 N–H and O–H groups in total. The van der Waals surface area contributed by atoms with Crippen LogP contribution >= 0.6 is 0 Å². The summed E-state index contributed by atoms with van der Waals surface area (Å²) >= 11 is 0. The molecule has 0 radical (unpaired) electrons. The topological polar surface area (TPSA) is 61.4 Å². The number of piperazine rings is 1. The molecule has 0 spiro atoms. The summed E-state index contributed by atoms with van der Waals surface area (Å²) in [7, 11) is 0. The first-order chi connectivity index (χ1) is 12.2. The van der Waals surface area contributed by atoms with Gasteiger partial charge < -0.3 is 10.6 Å². The van der Waals surface area contributed by atoms with E-state index in [9.17, 15) is 9.59 Å². The van der Waals surface area contributed by atoms with Gasteiger partial charge in [0.05, 0.1) is 12.5 Å². The molecule has 2 fully saturated rings. The average molecular weight is 337 g/mol. The van der Waals surface area contributed by atoms with Crippen molar-refractivity contribution in [2.75, 3.05) is 13.1 Å². The Kier molecular flexibility index (Phi) is 4.40. The number of amides is 2. The van der Waals surface area contributed by atoms with Crippen molar-refractivity contribution in [1.29, 1.82) is 0 Å². The van der Waals surface area contributed by atoms with Crippen LogP contribution < -0.4 is 10.6 Å². The number of hydrogen-bond donors (Lipinski definition) is 2. The quantitative estimate of drug-likeness (QED) is 0.875. The largest absolute Gasteiger partial charge is 0.353 e. The molecule has 0 bridgehead atoms. The van der Waals surface area contributed by atoms with E-state index in [4.69, 9.17) is 0 Å². The molecule has 0 aromatic heterocycles. The van der Waals surface area contributed by atoms with Gasteiger partial charge in [0.1, 0.15) is 0 Å². The summed E-state index contributed by atoms with van der Waals surface area (Å²) in [6.45, 7) is 2.08. The van der Waals surface area contributed by atoms with Crippen LogP contribution in [0.2, 0.25) is 0 Å². The molecular weight excluding hydrogens is 314 g/mol. The molecule has 1 atom stereocenters. The molecule has 1 saturated heterocycles. The van der Waals surface area contributed by atoms with Gasteiger partial charge in [-0.05, 0) is 35.2 Å². The standard InChI is InChI=1S/C20H23N3O2/c24-19(22-17-7-8-17)12-18-20(25)21-9-10-23(18)13-14-5-6-15-3-1-2-4-16(15)11-14/h1-6,11,17-18H,7-10,12-13H2,(H,21,25)(H,22,24)/t18-/m0/s1. The van der Waals surface area contributed by atoms with Crippen molar-refractivity contribution in [1.82, 2.24) is 15.5 Å². The second-order valence-corrected chi connectivity index (χ2v) is 7.00. The maximum Gasteiger partial charge on any atom is 0.237 e. The van der Waals surface area contributed by atoms with Crippen LogP contribution in [0.25, 0.3) is 10.8 Å². The lowest BCUT2D eigenvalue weighted by molar-refractivity contribution is -0.134. The Morgan fingerprint density at radius 2 is 1.96 bits per heavy atom. The van der Waals surface area contributed by atoms with E-state index < -0.39 is 0 Å². The molecule has 130 valence electrons.